The molecule has 0 fully saturated rings. The monoisotopic (exact) mass is 994 g/mol. The normalized spacial score (nSPS) is 19.3. The van der Waals surface area contributed by atoms with Gasteiger partial charge in [-0.1, -0.05) is 45.9 Å². The van der Waals surface area contributed by atoms with Crippen molar-refractivity contribution in [2.75, 3.05) is 29.5 Å². The molecule has 2 aromatic rings. The van der Waals surface area contributed by atoms with Gasteiger partial charge in [-0.05, 0) is 104 Å². The summed E-state index contributed by atoms with van der Waals surface area (Å²) in [6.45, 7) is 13.2. The third-order valence-electron chi connectivity index (χ3n) is 10.8. The van der Waals surface area contributed by atoms with Crippen molar-refractivity contribution >= 4 is 59.5 Å². The molecule has 5 rings (SSSR count). The Morgan fingerprint density at radius 1 is 0.803 bits per heavy atom. The maximum absolute atomic E-state index is 12.0. The van der Waals surface area contributed by atoms with E-state index in [2.05, 4.69) is 54.1 Å². The van der Waals surface area contributed by atoms with Crippen LogP contribution in [0.15, 0.2) is 93.4 Å². The van der Waals surface area contributed by atoms with E-state index < -0.39 is 52.7 Å². The van der Waals surface area contributed by atoms with Crippen molar-refractivity contribution in [3.63, 3.8) is 0 Å². The molecule has 61 heavy (non-hydrogen) atoms. The predicted octanol–water partition coefficient (Wildman–Crippen LogP) is -3.23. The van der Waals surface area contributed by atoms with Gasteiger partial charge in [-0.3, -0.25) is 5.04 Å². The Bertz CT molecular complexity index is 2430. The molecule has 318 valence electrons. The Morgan fingerprint density at radius 2 is 1.44 bits per heavy atom. The summed E-state index contributed by atoms with van der Waals surface area (Å²) in [5.74, 6) is -0.948. The average Bonchev–Trinajstić information content (AvgIpc) is 3.43. The zero-order valence-corrected chi connectivity index (χ0v) is 49.0. The summed E-state index contributed by atoms with van der Waals surface area (Å²) in [6.07, 6.45) is 12.9. The van der Waals surface area contributed by atoms with Crippen LogP contribution in [-0.4, -0.2) is 73.8 Å². The first-order valence-corrected chi connectivity index (χ1v) is 24.1. The van der Waals surface area contributed by atoms with Crippen LogP contribution in [0, 0.1) is 5.41 Å². The molecule has 14 nitrogen and oxygen atoms in total. The van der Waals surface area contributed by atoms with Gasteiger partial charge in [-0.25, -0.2) is 25.3 Å². The molecule has 0 bridgehead atoms. The van der Waals surface area contributed by atoms with E-state index in [4.69, 9.17) is 0 Å². The van der Waals surface area contributed by atoms with Crippen LogP contribution in [0.25, 0.3) is 0 Å². The third-order valence-corrected chi connectivity index (χ3v) is 13.8. The topological polar surface area (TPSA) is 219 Å². The fourth-order valence-electron chi connectivity index (χ4n) is 8.26. The van der Waals surface area contributed by atoms with Crippen molar-refractivity contribution < 1.29 is 212 Å². The Balaban J connectivity index is 0.00000427. The second-order valence-corrected chi connectivity index (χ2v) is 22.0. The molecule has 3 aliphatic rings. The number of hydrogen-bond acceptors (Lipinski definition) is 14. The van der Waals surface area contributed by atoms with Gasteiger partial charge in [-0.15, -0.1) is 0 Å². The van der Waals surface area contributed by atoms with Crippen molar-refractivity contribution in [1.82, 2.24) is 0 Å². The van der Waals surface area contributed by atoms with Crippen molar-refractivity contribution in [2.24, 2.45) is 5.41 Å². The molecule has 0 unspecified atom stereocenters. The molecule has 2 aliphatic heterocycles. The second kappa shape index (κ2) is 23.8. The smallest absolute Gasteiger partial charge is 0.748 e. The van der Waals surface area contributed by atoms with Crippen LogP contribution in [0.4, 0.5) is 11.4 Å². The zero-order chi connectivity index (χ0) is 42.9. The van der Waals surface area contributed by atoms with Gasteiger partial charge in [0.05, 0.1) is 42.6 Å². The minimum Gasteiger partial charge on any atom is -0.748 e. The van der Waals surface area contributed by atoms with E-state index in [9.17, 15) is 44.2 Å². The van der Waals surface area contributed by atoms with Gasteiger partial charge in [0, 0.05) is 63.9 Å². The SMILES string of the molecule is CC1(C)CC(/C=C2/N(CCCCS(=O)(=O)[O-])c3ccc(SOO[O-])cc3C2(C)C)=CC(=C/C=CC2=[N+](CCCCS(=O)(=O)[O-])c3ccc(S(=O)(=O)[O-])cc3C2(C)C)/C1.[K+].[K+].[K+]. The van der Waals surface area contributed by atoms with Gasteiger partial charge in [0.25, 0.3) is 0 Å². The Kier molecular flexibility index (Phi) is 23.0. The molecule has 0 amide bonds. The number of nitrogens with zero attached hydrogens (tertiary/aromatic N) is 2. The summed E-state index contributed by atoms with van der Waals surface area (Å²) < 4.78 is 110. The van der Waals surface area contributed by atoms with Crippen LogP contribution < -0.4 is 164 Å². The number of hydrogen-bond donors (Lipinski definition) is 0. The fraction of sp³-hybridized carbons (Fsp3) is 0.475. The molecule has 0 saturated heterocycles. The van der Waals surface area contributed by atoms with Gasteiger partial charge in [0.1, 0.15) is 16.7 Å². The summed E-state index contributed by atoms with van der Waals surface area (Å²) in [5.41, 5.74) is 5.74. The van der Waals surface area contributed by atoms with Crippen LogP contribution >= 0.6 is 12.0 Å². The van der Waals surface area contributed by atoms with Crippen molar-refractivity contribution in [3.8, 4) is 0 Å². The van der Waals surface area contributed by atoms with Crippen molar-refractivity contribution in [1.29, 1.82) is 0 Å². The van der Waals surface area contributed by atoms with E-state index in [1.165, 1.54) is 12.1 Å². The van der Waals surface area contributed by atoms with Crippen LogP contribution in [0.3, 0.4) is 0 Å². The van der Waals surface area contributed by atoms with Crippen molar-refractivity contribution in [2.45, 2.75) is 101 Å². The number of anilines is 1. The largest absolute Gasteiger partial charge is 1.00 e. The Labute approximate surface area is 493 Å². The quantitative estimate of drug-likeness (QED) is 0.0290. The number of rotatable bonds is 17. The molecule has 0 saturated carbocycles. The predicted molar refractivity (Wildman–Crippen MR) is 216 cm³/mol. The van der Waals surface area contributed by atoms with E-state index in [-0.39, 0.29) is 177 Å². The van der Waals surface area contributed by atoms with Crippen LogP contribution in [0.5, 0.6) is 0 Å². The molecule has 2 heterocycles. The molecule has 0 N–H and O–H groups in total. The maximum Gasteiger partial charge on any atom is 1.00 e. The third kappa shape index (κ3) is 15.9. The minimum atomic E-state index is -4.72. The molecule has 0 atom stereocenters. The first-order valence-electron chi connectivity index (χ1n) is 18.8. The van der Waals surface area contributed by atoms with Gasteiger partial charge < -0.3 is 23.8 Å². The van der Waals surface area contributed by atoms with Gasteiger partial charge in [0.15, 0.2) is 5.71 Å². The molecular formula is C40H49K3N2O12S4. The molecular weight excluding hydrogens is 946 g/mol. The standard InChI is InChI=1S/C40H52N2O12S4.3K/c1-38(2)26-28(12-11-13-36-39(3,4)33-25-31(58(50,51)52)15-17-35(33)41(36)18-7-9-20-56(44,45)46)22-29(27-38)23-37-40(5,6)32-24-30(55-54-53-43)14-16-34(32)42(37)19-8-10-21-57(47,48)49;;;/h11-17,22-25H,7-10,18-21,26-27H2,1-6H3,(H3-,43,44,45,46,47,48,49,50,51,52);;;/q;3*+1/p-3. The van der Waals surface area contributed by atoms with Crippen LogP contribution in [0.2, 0.25) is 0 Å². The summed E-state index contributed by atoms with van der Waals surface area (Å²) in [6, 6.07) is 9.90. The van der Waals surface area contributed by atoms with Crippen LogP contribution in [0.1, 0.15) is 91.2 Å². The Hall–Kier alpha value is 1.74. The minimum absolute atomic E-state index is 0. The molecule has 0 radical (unpaired) electrons. The van der Waals surface area contributed by atoms with Crippen molar-refractivity contribution in [3.05, 3.63) is 94.7 Å². The van der Waals surface area contributed by atoms with E-state index >= 15 is 0 Å². The second-order valence-electron chi connectivity index (χ2n) is 16.8. The van der Waals surface area contributed by atoms with E-state index in [1.54, 1.807) is 12.1 Å². The molecule has 0 spiro atoms. The zero-order valence-electron chi connectivity index (χ0n) is 36.3. The van der Waals surface area contributed by atoms with Gasteiger partial charge in [-0.2, -0.15) is 8.91 Å². The Morgan fingerprint density at radius 3 is 2.05 bits per heavy atom. The summed E-state index contributed by atoms with van der Waals surface area (Å²) >= 11 is 0.795. The summed E-state index contributed by atoms with van der Waals surface area (Å²) in [4.78, 5) is 2.47. The number of allylic oxidation sites excluding steroid dienone is 8. The van der Waals surface area contributed by atoms with E-state index in [1.807, 2.05) is 48.8 Å². The van der Waals surface area contributed by atoms with E-state index in [0.717, 1.165) is 58.7 Å². The fourth-order valence-corrected chi connectivity index (χ4v) is 10.3. The van der Waals surface area contributed by atoms with Gasteiger partial charge >= 0.3 is 154 Å². The van der Waals surface area contributed by atoms with E-state index in [0.29, 0.717) is 42.1 Å². The summed E-state index contributed by atoms with van der Waals surface area (Å²) in [7, 11) is -13.5. The molecule has 0 aromatic heterocycles. The molecule has 21 heteroatoms. The first kappa shape index (κ1) is 58.9. The number of unbranched alkanes of at least 4 members (excludes halogenated alkanes) is 2. The number of benzene rings is 2. The average molecular weight is 995 g/mol. The molecule has 2 aromatic carbocycles. The molecule has 1 aliphatic carbocycles. The first-order chi connectivity index (χ1) is 26.8. The summed E-state index contributed by atoms with van der Waals surface area (Å²) in [5, 5.41) is 14.1. The van der Waals surface area contributed by atoms with Crippen LogP contribution in [-0.2, 0) is 50.6 Å². The number of fused-ring (bicyclic) bond motifs is 2. The maximum atomic E-state index is 12.0. The van der Waals surface area contributed by atoms with Gasteiger partial charge in [0.2, 0.25) is 5.69 Å².